The number of likely N-dealkylation sites (tertiary alicyclic amines) is 1. The third kappa shape index (κ3) is 10.7. The van der Waals surface area contributed by atoms with Gasteiger partial charge in [-0.25, -0.2) is 13.4 Å². The van der Waals surface area contributed by atoms with E-state index in [2.05, 4.69) is 89.5 Å². The Hall–Kier alpha value is -3.69. The van der Waals surface area contributed by atoms with E-state index in [0.29, 0.717) is 25.4 Å². The first kappa shape index (κ1) is 37.5. The van der Waals surface area contributed by atoms with Crippen molar-refractivity contribution in [2.45, 2.75) is 96.5 Å². The van der Waals surface area contributed by atoms with E-state index in [-0.39, 0.29) is 34.9 Å². The monoisotopic (exact) mass is 657 g/mol. The first-order chi connectivity index (χ1) is 21.3. The fourth-order valence-corrected chi connectivity index (χ4v) is 6.70. The summed E-state index contributed by atoms with van der Waals surface area (Å²) < 4.78 is 23.1. The van der Waals surface area contributed by atoms with Gasteiger partial charge in [-0.3, -0.25) is 19.1 Å². The maximum absolute atomic E-state index is 13.6. The van der Waals surface area contributed by atoms with Gasteiger partial charge in [0.2, 0.25) is 28.2 Å². The maximum Gasteiger partial charge on any atom is 0.246 e. The summed E-state index contributed by atoms with van der Waals surface area (Å²) in [6.07, 6.45) is 13.3. The number of nitrogens with zero attached hydrogens (tertiary/aromatic N) is 2. The number of amides is 3. The molecule has 2 heterocycles. The van der Waals surface area contributed by atoms with Gasteiger partial charge in [-0.2, -0.15) is 0 Å². The topological polar surface area (TPSA) is 138 Å². The number of benzene rings is 1. The van der Waals surface area contributed by atoms with E-state index in [9.17, 15) is 22.8 Å². The predicted octanol–water partition coefficient (Wildman–Crippen LogP) is 4.80. The lowest BCUT2D eigenvalue weighted by atomic mass is 9.85. The molecule has 2 aliphatic carbocycles. The van der Waals surface area contributed by atoms with Crippen LogP contribution in [0.25, 0.3) is 11.3 Å². The second kappa shape index (κ2) is 16.6. The number of aryl methyl sites for hydroxylation is 2. The highest BCUT2D eigenvalue weighted by Crippen LogP contribution is 2.33. The average molecular weight is 658 g/mol. The molecule has 3 N–H and O–H groups in total. The zero-order valence-corrected chi connectivity index (χ0v) is 28.6. The molecule has 2 atom stereocenters. The average Bonchev–Trinajstić information content (AvgIpc) is 3.92. The normalized spacial score (nSPS) is 17.9. The van der Waals surface area contributed by atoms with Gasteiger partial charge in [0.1, 0.15) is 12.1 Å². The van der Waals surface area contributed by atoms with E-state index >= 15 is 0 Å². The minimum absolute atomic E-state index is 0.00242. The summed E-state index contributed by atoms with van der Waals surface area (Å²) >= 11 is 1.51. The van der Waals surface area contributed by atoms with Gasteiger partial charge in [0, 0.05) is 23.5 Å². The van der Waals surface area contributed by atoms with Crippen LogP contribution < -0.4 is 15.4 Å². The molecule has 3 amide bonds. The molecule has 12 heteroatoms. The number of nitrogens with one attached hydrogen (secondary N) is 3. The molecular formula is C33H47N5O5S2. The standard InChI is InChI=1S/C25H34N4O2S.C4H7NO3S.C2H4.C2H2/c1-15-8-11-18(16(2)13-15)19-14-32-24(27-19)28-21(25(3,4)5)23(31)29-12-6-7-20(29)22(30)26-17-9-10-17;6-3-5-9(7,8)4-1-2-4;2*1-2/h8,11,13-14,17,20-21H,6-7,9-10,12H2,1-5H3,(H,26,30)(H,27,28);3-4H,1-2H2,(H,5,6);1-2H2;1-2H/t20-,21+;;;/m0.../s1. The van der Waals surface area contributed by atoms with Crippen LogP contribution in [0.15, 0.2) is 36.7 Å². The van der Waals surface area contributed by atoms with Gasteiger partial charge in [-0.05, 0) is 63.4 Å². The molecule has 1 aromatic carbocycles. The zero-order chi connectivity index (χ0) is 33.9. The number of aromatic nitrogens is 1. The third-order valence-electron chi connectivity index (χ3n) is 7.48. The van der Waals surface area contributed by atoms with Crippen LogP contribution in [-0.4, -0.2) is 66.4 Å². The van der Waals surface area contributed by atoms with Crippen molar-refractivity contribution >= 4 is 44.7 Å². The van der Waals surface area contributed by atoms with Crippen molar-refractivity contribution in [2.75, 3.05) is 11.9 Å². The second-order valence-corrected chi connectivity index (χ2v) is 15.1. The fourth-order valence-electron chi connectivity index (χ4n) is 4.87. The van der Waals surface area contributed by atoms with Crippen molar-refractivity contribution in [1.29, 1.82) is 0 Å². The Morgan fingerprint density at radius 2 is 1.76 bits per heavy atom. The first-order valence-corrected chi connectivity index (χ1v) is 17.4. The molecular weight excluding hydrogens is 611 g/mol. The number of hydrogen-bond donors (Lipinski definition) is 3. The van der Waals surface area contributed by atoms with E-state index in [4.69, 9.17) is 4.98 Å². The summed E-state index contributed by atoms with van der Waals surface area (Å²) in [5, 5.41) is 8.95. The third-order valence-corrected chi connectivity index (χ3v) is 10.0. The van der Waals surface area contributed by atoms with E-state index < -0.39 is 16.1 Å². The van der Waals surface area contributed by atoms with E-state index in [1.54, 1.807) is 9.62 Å². The lowest BCUT2D eigenvalue weighted by Crippen LogP contribution is -2.54. The Balaban J connectivity index is 0.000000458. The van der Waals surface area contributed by atoms with Crippen LogP contribution >= 0.6 is 11.3 Å². The lowest BCUT2D eigenvalue weighted by molar-refractivity contribution is -0.140. The number of thiazole rings is 1. The Kier molecular flexibility index (Phi) is 13.8. The van der Waals surface area contributed by atoms with Gasteiger partial charge in [-0.1, -0.05) is 44.5 Å². The Labute approximate surface area is 272 Å². The summed E-state index contributed by atoms with van der Waals surface area (Å²) in [4.78, 5) is 42.6. The number of sulfonamides is 1. The van der Waals surface area contributed by atoms with Crippen molar-refractivity contribution in [3.05, 3.63) is 47.9 Å². The van der Waals surface area contributed by atoms with E-state index in [0.717, 1.165) is 42.1 Å². The number of anilines is 1. The van der Waals surface area contributed by atoms with Crippen LogP contribution in [-0.2, 0) is 24.4 Å². The highest BCUT2D eigenvalue weighted by atomic mass is 32.2. The number of rotatable bonds is 9. The van der Waals surface area contributed by atoms with Crippen molar-refractivity contribution < 1.29 is 22.8 Å². The van der Waals surface area contributed by atoms with Crippen LogP contribution in [0.1, 0.15) is 70.4 Å². The molecule has 246 valence electrons. The molecule has 1 aliphatic heterocycles. The summed E-state index contributed by atoms with van der Waals surface area (Å²) in [6.45, 7) is 17.0. The second-order valence-electron chi connectivity index (χ2n) is 12.3. The Morgan fingerprint density at radius 1 is 1.11 bits per heavy atom. The van der Waals surface area contributed by atoms with Gasteiger partial charge in [-0.15, -0.1) is 37.3 Å². The van der Waals surface area contributed by atoms with Crippen LogP contribution in [0.3, 0.4) is 0 Å². The highest BCUT2D eigenvalue weighted by Gasteiger charge is 2.42. The van der Waals surface area contributed by atoms with Crippen molar-refractivity contribution in [3.8, 4) is 24.1 Å². The van der Waals surface area contributed by atoms with Crippen LogP contribution in [0, 0.1) is 32.1 Å². The van der Waals surface area contributed by atoms with Crippen LogP contribution in [0.5, 0.6) is 0 Å². The molecule has 3 aliphatic rings. The van der Waals surface area contributed by atoms with Gasteiger partial charge in [0.25, 0.3) is 0 Å². The van der Waals surface area contributed by atoms with Gasteiger partial charge < -0.3 is 15.5 Å². The number of carbonyl (C=O) groups excluding carboxylic acids is 3. The maximum atomic E-state index is 13.6. The molecule has 45 heavy (non-hydrogen) atoms. The molecule has 0 spiro atoms. The quantitative estimate of drug-likeness (QED) is 0.200. The van der Waals surface area contributed by atoms with Crippen molar-refractivity contribution in [3.63, 3.8) is 0 Å². The predicted molar refractivity (Wildman–Crippen MR) is 182 cm³/mol. The van der Waals surface area contributed by atoms with Crippen molar-refractivity contribution in [1.82, 2.24) is 19.9 Å². The Morgan fingerprint density at radius 3 is 2.29 bits per heavy atom. The van der Waals surface area contributed by atoms with Crippen LogP contribution in [0.4, 0.5) is 5.13 Å². The molecule has 5 rings (SSSR count). The molecule has 0 unspecified atom stereocenters. The molecule has 3 fully saturated rings. The van der Waals surface area contributed by atoms with Gasteiger partial charge in [0.15, 0.2) is 5.13 Å². The lowest BCUT2D eigenvalue weighted by Gasteiger charge is -2.35. The molecule has 0 bridgehead atoms. The fraction of sp³-hybridized carbons (Fsp3) is 0.515. The molecule has 1 saturated heterocycles. The zero-order valence-electron chi connectivity index (χ0n) is 27.0. The summed E-state index contributed by atoms with van der Waals surface area (Å²) in [5.74, 6) is -0.0217. The van der Waals surface area contributed by atoms with Gasteiger partial charge in [0.05, 0.1) is 10.9 Å². The number of terminal acetylenes is 1. The summed E-state index contributed by atoms with van der Waals surface area (Å²) in [7, 11) is -3.26. The number of hydrogen-bond acceptors (Lipinski definition) is 8. The first-order valence-electron chi connectivity index (χ1n) is 15.0. The van der Waals surface area contributed by atoms with Crippen molar-refractivity contribution in [2.24, 2.45) is 5.41 Å². The molecule has 1 aromatic heterocycles. The molecule has 2 saturated carbocycles. The molecule has 2 aromatic rings. The van der Waals surface area contributed by atoms with Crippen LogP contribution in [0.2, 0.25) is 0 Å². The number of carbonyl (C=O) groups is 3. The smallest absolute Gasteiger partial charge is 0.246 e. The highest BCUT2D eigenvalue weighted by molar-refractivity contribution is 7.90. The summed E-state index contributed by atoms with van der Waals surface area (Å²) in [6, 6.07) is 5.82. The molecule has 0 radical (unpaired) electrons. The van der Waals surface area contributed by atoms with Gasteiger partial charge >= 0.3 is 0 Å². The van der Waals surface area contributed by atoms with E-state index in [1.165, 1.54) is 22.5 Å². The largest absolute Gasteiger partial charge is 0.352 e. The summed E-state index contributed by atoms with van der Waals surface area (Å²) in [5.41, 5.74) is 4.10. The Bertz CT molecular complexity index is 1440. The SMILES string of the molecule is C#C.C=C.Cc1ccc(-c2csc(N[C@H](C(=O)N3CCC[C@H]3C(=O)NC3CC3)C(C)(C)C)n2)c(C)c1.O=CNS(=O)(=O)C1CC1. The molecule has 10 nitrogen and oxygen atoms in total. The minimum atomic E-state index is -3.26. The minimum Gasteiger partial charge on any atom is -0.352 e. The van der Waals surface area contributed by atoms with E-state index in [1.807, 2.05) is 5.38 Å².